The molecule has 0 radical (unpaired) electrons. The Morgan fingerprint density at radius 1 is 1.05 bits per heavy atom. The van der Waals surface area contributed by atoms with Gasteiger partial charge in [0.25, 0.3) is 0 Å². The van der Waals surface area contributed by atoms with Crippen LogP contribution in [0.5, 0.6) is 0 Å². The van der Waals surface area contributed by atoms with E-state index in [1.54, 1.807) is 18.5 Å². The summed E-state index contributed by atoms with van der Waals surface area (Å²) in [5.41, 5.74) is 5.26. The summed E-state index contributed by atoms with van der Waals surface area (Å²) in [4.78, 5) is 8.49. The van der Waals surface area contributed by atoms with Crippen molar-refractivity contribution in [1.82, 2.24) is 15.4 Å². The van der Waals surface area contributed by atoms with Gasteiger partial charge in [-0.3, -0.25) is 5.84 Å². The Balaban J connectivity index is 2.30. The molecule has 0 saturated heterocycles. The molecule has 0 aliphatic heterocycles. The summed E-state index contributed by atoms with van der Waals surface area (Å²) in [5.74, 6) is 6.31. The largest absolute Gasteiger partial charge is 0.270 e. The maximum atomic E-state index is 5.63. The summed E-state index contributed by atoms with van der Waals surface area (Å²) in [5, 5.41) is 0. The zero-order chi connectivity index (χ0) is 13.9. The van der Waals surface area contributed by atoms with E-state index < -0.39 is 0 Å². The third kappa shape index (κ3) is 3.16. The first-order chi connectivity index (χ1) is 9.02. The Labute approximate surface area is 114 Å². The lowest BCUT2D eigenvalue weighted by Gasteiger charge is -2.20. The van der Waals surface area contributed by atoms with E-state index in [0.717, 1.165) is 5.56 Å². The van der Waals surface area contributed by atoms with Crippen LogP contribution in [0.4, 0.5) is 0 Å². The zero-order valence-electron chi connectivity index (χ0n) is 11.6. The summed E-state index contributed by atoms with van der Waals surface area (Å²) in [6.45, 7) is 6.59. The van der Waals surface area contributed by atoms with Crippen molar-refractivity contribution < 1.29 is 0 Å². The monoisotopic (exact) mass is 256 g/mol. The third-order valence-electron chi connectivity index (χ3n) is 3.12. The highest BCUT2D eigenvalue weighted by atomic mass is 15.2. The van der Waals surface area contributed by atoms with Crippen LogP contribution in [0.2, 0.25) is 0 Å². The highest BCUT2D eigenvalue weighted by molar-refractivity contribution is 5.31. The van der Waals surface area contributed by atoms with Gasteiger partial charge >= 0.3 is 0 Å². The number of benzene rings is 1. The van der Waals surface area contributed by atoms with Crippen LogP contribution in [0.25, 0.3) is 0 Å². The second-order valence-electron chi connectivity index (χ2n) is 5.58. The number of nitrogens with two attached hydrogens (primary N) is 1. The summed E-state index contributed by atoms with van der Waals surface area (Å²) in [7, 11) is 0. The maximum Gasteiger partial charge on any atom is 0.150 e. The summed E-state index contributed by atoms with van der Waals surface area (Å²) >= 11 is 0. The van der Waals surface area contributed by atoms with Gasteiger partial charge in [0.05, 0.1) is 0 Å². The first-order valence-electron chi connectivity index (χ1n) is 6.36. The summed E-state index contributed by atoms with van der Waals surface area (Å²) in [6.07, 6.45) is 3.44. The van der Waals surface area contributed by atoms with E-state index in [1.165, 1.54) is 5.56 Å². The van der Waals surface area contributed by atoms with Gasteiger partial charge in [-0.2, -0.15) is 0 Å². The highest BCUT2D eigenvalue weighted by Gasteiger charge is 2.17. The summed E-state index contributed by atoms with van der Waals surface area (Å²) in [6, 6.07) is 10.0. The molecule has 0 aliphatic carbocycles. The standard InChI is InChI=1S/C15H20N4/c1-15(2,3)12-7-5-11(6-8-12)13(19-16)14-17-9-4-10-18-14/h4-10,13,19H,16H2,1-3H3. The van der Waals surface area contributed by atoms with Gasteiger partial charge in [-0.15, -0.1) is 0 Å². The van der Waals surface area contributed by atoms with Gasteiger partial charge in [-0.25, -0.2) is 15.4 Å². The zero-order valence-corrected chi connectivity index (χ0v) is 11.6. The fourth-order valence-corrected chi connectivity index (χ4v) is 1.96. The maximum absolute atomic E-state index is 5.63. The minimum atomic E-state index is -0.185. The van der Waals surface area contributed by atoms with Crippen molar-refractivity contribution in [2.24, 2.45) is 5.84 Å². The van der Waals surface area contributed by atoms with E-state index in [2.05, 4.69) is 60.4 Å². The third-order valence-corrected chi connectivity index (χ3v) is 3.12. The molecule has 2 rings (SSSR count). The van der Waals surface area contributed by atoms with E-state index in [9.17, 15) is 0 Å². The number of rotatable bonds is 3. The second-order valence-corrected chi connectivity index (χ2v) is 5.58. The SMILES string of the molecule is CC(C)(C)c1ccc(C(NN)c2ncccn2)cc1. The molecule has 100 valence electrons. The first-order valence-corrected chi connectivity index (χ1v) is 6.36. The average Bonchev–Trinajstić information content (AvgIpc) is 2.40. The molecule has 0 bridgehead atoms. The number of hydrogen-bond donors (Lipinski definition) is 2. The molecule has 19 heavy (non-hydrogen) atoms. The molecule has 2 aromatic rings. The van der Waals surface area contributed by atoms with Crippen LogP contribution in [0.15, 0.2) is 42.7 Å². The molecular formula is C15H20N4. The summed E-state index contributed by atoms with van der Waals surface area (Å²) < 4.78 is 0. The van der Waals surface area contributed by atoms with Crippen molar-refractivity contribution in [3.05, 3.63) is 59.7 Å². The van der Waals surface area contributed by atoms with E-state index in [0.29, 0.717) is 5.82 Å². The molecule has 0 spiro atoms. The van der Waals surface area contributed by atoms with Crippen molar-refractivity contribution >= 4 is 0 Å². The van der Waals surface area contributed by atoms with Gasteiger partial charge in [0.2, 0.25) is 0 Å². The van der Waals surface area contributed by atoms with E-state index >= 15 is 0 Å². The highest BCUT2D eigenvalue weighted by Crippen LogP contribution is 2.25. The molecule has 1 aromatic carbocycles. The topological polar surface area (TPSA) is 63.8 Å². The smallest absolute Gasteiger partial charge is 0.150 e. The lowest BCUT2D eigenvalue weighted by atomic mass is 9.86. The van der Waals surface area contributed by atoms with Gasteiger partial charge in [-0.1, -0.05) is 45.0 Å². The minimum Gasteiger partial charge on any atom is -0.270 e. The van der Waals surface area contributed by atoms with Crippen molar-refractivity contribution in [2.45, 2.75) is 32.2 Å². The average molecular weight is 256 g/mol. The Morgan fingerprint density at radius 3 is 2.11 bits per heavy atom. The molecule has 1 aromatic heterocycles. The van der Waals surface area contributed by atoms with E-state index in [4.69, 9.17) is 5.84 Å². The number of nitrogens with one attached hydrogen (secondary N) is 1. The fraction of sp³-hybridized carbons (Fsp3) is 0.333. The first kappa shape index (κ1) is 13.6. The molecule has 0 amide bonds. The fourth-order valence-electron chi connectivity index (χ4n) is 1.96. The van der Waals surface area contributed by atoms with Crippen LogP contribution in [0.1, 0.15) is 43.8 Å². The van der Waals surface area contributed by atoms with Crippen LogP contribution in [-0.4, -0.2) is 9.97 Å². The Hall–Kier alpha value is -1.78. The van der Waals surface area contributed by atoms with Crippen LogP contribution >= 0.6 is 0 Å². The van der Waals surface area contributed by atoms with Crippen molar-refractivity contribution in [3.8, 4) is 0 Å². The molecule has 0 fully saturated rings. The second kappa shape index (κ2) is 5.47. The minimum absolute atomic E-state index is 0.146. The van der Waals surface area contributed by atoms with Crippen LogP contribution in [0, 0.1) is 0 Å². The Kier molecular flexibility index (Phi) is 3.93. The molecule has 1 atom stereocenters. The van der Waals surface area contributed by atoms with E-state index in [-0.39, 0.29) is 11.5 Å². The predicted molar refractivity (Wildman–Crippen MR) is 76.3 cm³/mol. The normalized spacial score (nSPS) is 13.3. The van der Waals surface area contributed by atoms with Gasteiger partial charge in [0, 0.05) is 12.4 Å². The Morgan fingerprint density at radius 2 is 1.63 bits per heavy atom. The van der Waals surface area contributed by atoms with Crippen molar-refractivity contribution in [1.29, 1.82) is 0 Å². The lowest BCUT2D eigenvalue weighted by Crippen LogP contribution is -2.30. The molecule has 0 saturated carbocycles. The number of hydrazine groups is 1. The predicted octanol–water partition coefficient (Wildman–Crippen LogP) is 2.33. The number of aromatic nitrogens is 2. The number of hydrogen-bond acceptors (Lipinski definition) is 4. The van der Waals surface area contributed by atoms with Crippen molar-refractivity contribution in [2.75, 3.05) is 0 Å². The van der Waals surface area contributed by atoms with Gasteiger partial charge in [-0.05, 0) is 22.6 Å². The molecule has 3 N–H and O–H groups in total. The molecule has 4 nitrogen and oxygen atoms in total. The molecule has 1 heterocycles. The molecular weight excluding hydrogens is 236 g/mol. The quantitative estimate of drug-likeness (QED) is 0.653. The van der Waals surface area contributed by atoms with Crippen molar-refractivity contribution in [3.63, 3.8) is 0 Å². The van der Waals surface area contributed by atoms with Gasteiger partial charge in [0.15, 0.2) is 5.82 Å². The molecule has 0 aliphatic rings. The van der Waals surface area contributed by atoms with Crippen LogP contribution in [0.3, 0.4) is 0 Å². The van der Waals surface area contributed by atoms with Crippen LogP contribution in [-0.2, 0) is 5.41 Å². The Bertz CT molecular complexity index is 514. The van der Waals surface area contributed by atoms with Gasteiger partial charge < -0.3 is 0 Å². The lowest BCUT2D eigenvalue weighted by molar-refractivity contribution is 0.584. The molecule has 4 heteroatoms. The van der Waals surface area contributed by atoms with Crippen LogP contribution < -0.4 is 11.3 Å². The molecule has 1 unspecified atom stereocenters. The van der Waals surface area contributed by atoms with E-state index in [1.807, 2.05) is 0 Å². The number of nitrogens with zero attached hydrogens (tertiary/aromatic N) is 2. The van der Waals surface area contributed by atoms with Gasteiger partial charge in [0.1, 0.15) is 6.04 Å².